The number of carboxylic acids is 1. The van der Waals surface area contributed by atoms with Crippen LogP contribution < -0.4 is 9.46 Å². The standard InChI is InChI=1S/C11H15NO5S/c1-8-3-4-9(17-2)10(7-8)18(15,16)12-6-5-11(13)14/h3-4,7,12H,5-6H2,1-2H3,(H,13,14). The molecule has 0 aliphatic rings. The van der Waals surface area contributed by atoms with Gasteiger partial charge in [0.25, 0.3) is 0 Å². The van der Waals surface area contributed by atoms with Crippen molar-refractivity contribution in [3.63, 3.8) is 0 Å². The number of hydrogen-bond acceptors (Lipinski definition) is 4. The lowest BCUT2D eigenvalue weighted by Gasteiger charge is -2.10. The predicted octanol–water partition coefficient (Wildman–Crippen LogP) is 0.757. The number of benzene rings is 1. The molecule has 0 radical (unpaired) electrons. The number of rotatable bonds is 6. The zero-order valence-electron chi connectivity index (χ0n) is 10.1. The monoisotopic (exact) mass is 273 g/mol. The second kappa shape index (κ2) is 5.83. The van der Waals surface area contributed by atoms with Crippen molar-refractivity contribution in [3.8, 4) is 5.75 Å². The van der Waals surface area contributed by atoms with Gasteiger partial charge in [-0.15, -0.1) is 0 Å². The second-order valence-corrected chi connectivity index (χ2v) is 5.43. The summed E-state index contributed by atoms with van der Waals surface area (Å²) in [7, 11) is -2.38. The highest BCUT2D eigenvalue weighted by molar-refractivity contribution is 7.89. The first-order chi connectivity index (χ1) is 8.36. The third-order valence-electron chi connectivity index (χ3n) is 2.24. The molecule has 2 N–H and O–H groups in total. The summed E-state index contributed by atoms with van der Waals surface area (Å²) in [6.45, 7) is 1.60. The van der Waals surface area contributed by atoms with Crippen molar-refractivity contribution in [1.29, 1.82) is 0 Å². The minimum atomic E-state index is -3.76. The number of sulfonamides is 1. The summed E-state index contributed by atoms with van der Waals surface area (Å²) < 4.78 is 31.1. The molecular formula is C11H15NO5S. The number of aliphatic carboxylic acids is 1. The molecule has 0 aromatic heterocycles. The van der Waals surface area contributed by atoms with Gasteiger partial charge in [0.05, 0.1) is 13.5 Å². The molecule has 1 aromatic rings. The van der Waals surface area contributed by atoms with Crippen molar-refractivity contribution in [2.45, 2.75) is 18.2 Å². The maximum Gasteiger partial charge on any atom is 0.304 e. The van der Waals surface area contributed by atoms with Gasteiger partial charge < -0.3 is 9.84 Å². The first-order valence-corrected chi connectivity index (χ1v) is 6.71. The van der Waals surface area contributed by atoms with Crippen LogP contribution in [0, 0.1) is 6.92 Å². The second-order valence-electron chi connectivity index (χ2n) is 3.70. The quantitative estimate of drug-likeness (QED) is 0.798. The van der Waals surface area contributed by atoms with Gasteiger partial charge in [-0.05, 0) is 24.6 Å². The third kappa shape index (κ3) is 3.71. The summed E-state index contributed by atoms with van der Waals surface area (Å²) >= 11 is 0. The van der Waals surface area contributed by atoms with Crippen LogP contribution in [0.5, 0.6) is 5.75 Å². The van der Waals surface area contributed by atoms with E-state index in [1.807, 2.05) is 0 Å². The molecule has 1 rings (SSSR count). The molecule has 0 bridgehead atoms. The van der Waals surface area contributed by atoms with Crippen molar-refractivity contribution < 1.29 is 23.1 Å². The van der Waals surface area contributed by atoms with E-state index in [0.29, 0.717) is 0 Å². The smallest absolute Gasteiger partial charge is 0.304 e. The number of carboxylic acid groups (broad SMARTS) is 1. The molecule has 0 heterocycles. The van der Waals surface area contributed by atoms with Crippen LogP contribution in [0.2, 0.25) is 0 Å². The Morgan fingerprint density at radius 2 is 2.11 bits per heavy atom. The van der Waals surface area contributed by atoms with Gasteiger partial charge in [-0.3, -0.25) is 4.79 Å². The fraction of sp³-hybridized carbons (Fsp3) is 0.364. The van der Waals surface area contributed by atoms with E-state index in [4.69, 9.17) is 9.84 Å². The predicted molar refractivity (Wildman–Crippen MR) is 65.2 cm³/mol. The molecule has 18 heavy (non-hydrogen) atoms. The average Bonchev–Trinajstić information content (AvgIpc) is 2.28. The number of ether oxygens (including phenoxy) is 1. The van der Waals surface area contributed by atoms with Gasteiger partial charge in [-0.25, -0.2) is 13.1 Å². The highest BCUT2D eigenvalue weighted by Crippen LogP contribution is 2.24. The first-order valence-electron chi connectivity index (χ1n) is 5.23. The van der Waals surface area contributed by atoms with Crippen LogP contribution >= 0.6 is 0 Å². The summed E-state index contributed by atoms with van der Waals surface area (Å²) in [5, 5.41) is 8.47. The van der Waals surface area contributed by atoms with E-state index in [9.17, 15) is 13.2 Å². The van der Waals surface area contributed by atoms with E-state index in [-0.39, 0.29) is 23.6 Å². The molecule has 0 spiro atoms. The van der Waals surface area contributed by atoms with E-state index in [1.54, 1.807) is 19.1 Å². The molecule has 7 heteroatoms. The number of aryl methyl sites for hydroxylation is 1. The molecule has 0 unspecified atom stereocenters. The molecule has 0 aliphatic heterocycles. The Morgan fingerprint density at radius 1 is 1.44 bits per heavy atom. The van der Waals surface area contributed by atoms with Crippen LogP contribution in [0.3, 0.4) is 0 Å². The number of carbonyl (C=O) groups is 1. The molecule has 0 saturated heterocycles. The van der Waals surface area contributed by atoms with Crippen molar-refractivity contribution >= 4 is 16.0 Å². The average molecular weight is 273 g/mol. The Kier molecular flexibility index (Phi) is 4.69. The number of nitrogens with one attached hydrogen (secondary N) is 1. The Bertz CT molecular complexity index is 538. The first kappa shape index (κ1) is 14.5. The molecule has 0 atom stereocenters. The Balaban J connectivity index is 2.97. The van der Waals surface area contributed by atoms with Crippen LogP contribution in [0.4, 0.5) is 0 Å². The van der Waals surface area contributed by atoms with E-state index >= 15 is 0 Å². The molecule has 6 nitrogen and oxygen atoms in total. The lowest BCUT2D eigenvalue weighted by atomic mass is 10.2. The van der Waals surface area contributed by atoms with Crippen LogP contribution in [-0.2, 0) is 14.8 Å². The number of methoxy groups -OCH3 is 1. The fourth-order valence-electron chi connectivity index (χ4n) is 1.36. The van der Waals surface area contributed by atoms with E-state index < -0.39 is 16.0 Å². The van der Waals surface area contributed by atoms with Crippen LogP contribution in [0.15, 0.2) is 23.1 Å². The molecule has 0 fully saturated rings. The highest BCUT2D eigenvalue weighted by atomic mass is 32.2. The SMILES string of the molecule is COc1ccc(C)cc1S(=O)(=O)NCCC(=O)O. The highest BCUT2D eigenvalue weighted by Gasteiger charge is 2.19. The van der Waals surface area contributed by atoms with Gasteiger partial charge >= 0.3 is 5.97 Å². The summed E-state index contributed by atoms with van der Waals surface area (Å²) in [5.41, 5.74) is 0.773. The molecule has 0 amide bonds. The maximum atomic E-state index is 12.0. The van der Waals surface area contributed by atoms with Gasteiger partial charge in [-0.1, -0.05) is 6.07 Å². The topological polar surface area (TPSA) is 92.7 Å². The zero-order chi connectivity index (χ0) is 13.8. The van der Waals surface area contributed by atoms with E-state index in [0.717, 1.165) is 5.56 Å². The minimum absolute atomic E-state index is 0.00962. The lowest BCUT2D eigenvalue weighted by molar-refractivity contribution is -0.136. The summed E-state index contributed by atoms with van der Waals surface area (Å²) in [6.07, 6.45) is -0.270. The molecule has 0 aliphatic carbocycles. The molecular weight excluding hydrogens is 258 g/mol. The molecule has 0 saturated carbocycles. The largest absolute Gasteiger partial charge is 0.495 e. The molecule has 100 valence electrons. The van der Waals surface area contributed by atoms with E-state index in [2.05, 4.69) is 4.72 Å². The minimum Gasteiger partial charge on any atom is -0.495 e. The zero-order valence-corrected chi connectivity index (χ0v) is 11.0. The van der Waals surface area contributed by atoms with Gasteiger partial charge in [0, 0.05) is 6.54 Å². The van der Waals surface area contributed by atoms with Crippen molar-refractivity contribution in [2.24, 2.45) is 0 Å². The number of hydrogen-bond donors (Lipinski definition) is 2. The summed E-state index contributed by atoms with van der Waals surface area (Å²) in [5.74, 6) is -0.836. The van der Waals surface area contributed by atoms with Crippen LogP contribution in [0.1, 0.15) is 12.0 Å². The van der Waals surface area contributed by atoms with Crippen LogP contribution in [0.25, 0.3) is 0 Å². The molecule has 1 aromatic carbocycles. The maximum absolute atomic E-state index is 12.0. The van der Waals surface area contributed by atoms with Gasteiger partial charge in [0.1, 0.15) is 10.6 Å². The fourth-order valence-corrected chi connectivity index (χ4v) is 2.65. The van der Waals surface area contributed by atoms with Gasteiger partial charge in [0.2, 0.25) is 10.0 Å². The van der Waals surface area contributed by atoms with Gasteiger partial charge in [0.15, 0.2) is 0 Å². The normalized spacial score (nSPS) is 11.2. The van der Waals surface area contributed by atoms with Gasteiger partial charge in [-0.2, -0.15) is 0 Å². The Morgan fingerprint density at radius 3 is 2.67 bits per heavy atom. The Labute approximate surface area is 106 Å². The summed E-state index contributed by atoms with van der Waals surface area (Å²) in [4.78, 5) is 10.3. The lowest BCUT2D eigenvalue weighted by Crippen LogP contribution is -2.26. The Hall–Kier alpha value is -1.60. The van der Waals surface area contributed by atoms with E-state index in [1.165, 1.54) is 13.2 Å². The van der Waals surface area contributed by atoms with Crippen LogP contribution in [-0.4, -0.2) is 33.1 Å². The summed E-state index contributed by atoms with van der Waals surface area (Å²) in [6, 6.07) is 4.76. The van der Waals surface area contributed by atoms with Crippen molar-refractivity contribution in [2.75, 3.05) is 13.7 Å². The van der Waals surface area contributed by atoms with Crippen molar-refractivity contribution in [3.05, 3.63) is 23.8 Å². The van der Waals surface area contributed by atoms with Crippen molar-refractivity contribution in [1.82, 2.24) is 4.72 Å². The third-order valence-corrected chi connectivity index (χ3v) is 3.72.